The molecule has 0 saturated heterocycles. The van der Waals surface area contributed by atoms with Crippen LogP contribution in [-0.4, -0.2) is 13.2 Å². The molecule has 1 aromatic heterocycles. The molecule has 94 valence electrons. The number of nitrogens with two attached hydrogens (primary N) is 1. The summed E-state index contributed by atoms with van der Waals surface area (Å²) < 4.78 is 5.55. The fourth-order valence-electron chi connectivity index (χ4n) is 1.63. The van der Waals surface area contributed by atoms with Crippen LogP contribution < -0.4 is 5.73 Å². The lowest BCUT2D eigenvalue weighted by atomic mass is 10.1. The van der Waals surface area contributed by atoms with Crippen molar-refractivity contribution in [3.05, 3.63) is 21.4 Å². The van der Waals surface area contributed by atoms with Crippen LogP contribution >= 0.6 is 11.3 Å². The van der Waals surface area contributed by atoms with Gasteiger partial charge in [-0.05, 0) is 18.6 Å². The Labute approximate surface area is 104 Å². The van der Waals surface area contributed by atoms with E-state index in [2.05, 4.69) is 13.0 Å². The van der Waals surface area contributed by atoms with E-state index in [1.54, 1.807) is 0 Å². The lowest BCUT2D eigenvalue weighted by molar-refractivity contribution is 0.0498. The fraction of sp³-hybridized carbons (Fsp3) is 0.692. The third kappa shape index (κ3) is 3.89. The number of fused-ring (bicyclic) bond motifs is 1. The van der Waals surface area contributed by atoms with Crippen LogP contribution in [0.2, 0.25) is 0 Å². The van der Waals surface area contributed by atoms with Gasteiger partial charge in [-0.1, -0.05) is 27.7 Å². The van der Waals surface area contributed by atoms with Gasteiger partial charge >= 0.3 is 0 Å². The first kappa shape index (κ1) is 15.6. The smallest absolute Gasteiger partial charge is 0.0958 e. The highest BCUT2D eigenvalue weighted by Gasteiger charge is 2.21. The van der Waals surface area contributed by atoms with Gasteiger partial charge in [0, 0.05) is 22.7 Å². The number of thiophene rings is 1. The van der Waals surface area contributed by atoms with E-state index in [9.17, 15) is 0 Å². The predicted molar refractivity (Wildman–Crippen MR) is 73.2 cm³/mol. The van der Waals surface area contributed by atoms with Crippen molar-refractivity contribution >= 4 is 11.3 Å². The molecule has 1 atom stereocenters. The lowest BCUT2D eigenvalue weighted by Crippen LogP contribution is -2.21. The predicted octanol–water partition coefficient (Wildman–Crippen LogP) is 3.68. The van der Waals surface area contributed by atoms with Crippen LogP contribution in [0.25, 0.3) is 0 Å². The van der Waals surface area contributed by atoms with Crippen LogP contribution in [-0.2, 0) is 11.2 Å². The van der Waals surface area contributed by atoms with Gasteiger partial charge in [-0.2, -0.15) is 0 Å². The van der Waals surface area contributed by atoms with Crippen molar-refractivity contribution in [3.63, 3.8) is 0 Å². The molecule has 0 saturated carbocycles. The molecular weight excluding hydrogens is 218 g/mol. The number of rotatable bonds is 1. The summed E-state index contributed by atoms with van der Waals surface area (Å²) in [5.74, 6) is 0. The molecule has 1 aromatic rings. The minimum atomic E-state index is 0.152. The van der Waals surface area contributed by atoms with Crippen molar-refractivity contribution in [1.29, 1.82) is 0 Å². The second-order valence-electron chi connectivity index (χ2n) is 3.08. The molecule has 0 spiro atoms. The average molecular weight is 243 g/mol. The van der Waals surface area contributed by atoms with Gasteiger partial charge in [-0.3, -0.25) is 0 Å². The van der Waals surface area contributed by atoms with Crippen molar-refractivity contribution in [1.82, 2.24) is 0 Å². The maximum atomic E-state index is 5.61. The quantitative estimate of drug-likeness (QED) is 0.816. The Bertz CT molecular complexity index is 283. The molecule has 1 unspecified atom stereocenters. The minimum absolute atomic E-state index is 0.152. The summed E-state index contributed by atoms with van der Waals surface area (Å²) in [4.78, 5) is 2.83. The van der Waals surface area contributed by atoms with Crippen LogP contribution in [0.3, 0.4) is 0 Å². The molecule has 16 heavy (non-hydrogen) atoms. The monoisotopic (exact) mass is 243 g/mol. The van der Waals surface area contributed by atoms with Crippen LogP contribution in [0.5, 0.6) is 0 Å². The molecule has 0 radical (unpaired) electrons. The van der Waals surface area contributed by atoms with Crippen molar-refractivity contribution < 1.29 is 4.74 Å². The summed E-state index contributed by atoms with van der Waals surface area (Å²) in [5, 5.41) is 0. The van der Waals surface area contributed by atoms with Crippen LogP contribution in [0.15, 0.2) is 6.07 Å². The fourth-order valence-corrected chi connectivity index (χ4v) is 2.70. The first-order valence-corrected chi connectivity index (χ1v) is 7.04. The first-order chi connectivity index (χ1) is 7.81. The van der Waals surface area contributed by atoms with E-state index < -0.39 is 0 Å². The van der Waals surface area contributed by atoms with Crippen LogP contribution in [0, 0.1) is 6.92 Å². The van der Waals surface area contributed by atoms with Crippen LogP contribution in [0.4, 0.5) is 0 Å². The van der Waals surface area contributed by atoms with E-state index in [0.29, 0.717) is 6.54 Å². The van der Waals surface area contributed by atoms with E-state index in [4.69, 9.17) is 10.5 Å². The standard InChI is InChI=1S/C9H13NOS.2C2H6/c1-6-4-7-8(5-10)11-3-2-9(7)12-6;2*1-2/h4,8H,2-3,5,10H2,1H3;2*1-2H3. The normalized spacial score (nSPS) is 17.5. The van der Waals surface area contributed by atoms with E-state index >= 15 is 0 Å². The van der Waals surface area contributed by atoms with Gasteiger partial charge in [0.1, 0.15) is 0 Å². The zero-order valence-electron chi connectivity index (χ0n) is 11.2. The van der Waals surface area contributed by atoms with Gasteiger partial charge in [-0.15, -0.1) is 11.3 Å². The maximum absolute atomic E-state index is 5.61. The molecule has 2 heterocycles. The Morgan fingerprint density at radius 2 is 2.00 bits per heavy atom. The largest absolute Gasteiger partial charge is 0.372 e. The molecule has 3 heteroatoms. The van der Waals surface area contributed by atoms with Crippen LogP contribution in [0.1, 0.15) is 49.1 Å². The zero-order valence-corrected chi connectivity index (χ0v) is 12.0. The Morgan fingerprint density at radius 1 is 1.38 bits per heavy atom. The third-order valence-electron chi connectivity index (χ3n) is 2.17. The molecule has 2 rings (SSSR count). The van der Waals surface area contributed by atoms with E-state index in [-0.39, 0.29) is 6.10 Å². The number of hydrogen-bond acceptors (Lipinski definition) is 3. The summed E-state index contributed by atoms with van der Waals surface area (Å²) in [6, 6.07) is 2.21. The summed E-state index contributed by atoms with van der Waals surface area (Å²) in [6.45, 7) is 11.6. The summed E-state index contributed by atoms with van der Waals surface area (Å²) in [6.07, 6.45) is 1.21. The van der Waals surface area contributed by atoms with E-state index in [1.807, 2.05) is 39.0 Å². The molecule has 0 bridgehead atoms. The van der Waals surface area contributed by atoms with Crippen molar-refractivity contribution in [2.75, 3.05) is 13.2 Å². The molecule has 2 nitrogen and oxygen atoms in total. The number of hydrogen-bond donors (Lipinski definition) is 1. The number of ether oxygens (including phenoxy) is 1. The molecule has 1 aliphatic heterocycles. The minimum Gasteiger partial charge on any atom is -0.372 e. The van der Waals surface area contributed by atoms with Gasteiger partial charge in [0.15, 0.2) is 0 Å². The third-order valence-corrected chi connectivity index (χ3v) is 3.30. The Hall–Kier alpha value is -0.380. The van der Waals surface area contributed by atoms with Gasteiger partial charge < -0.3 is 10.5 Å². The van der Waals surface area contributed by atoms with E-state index in [0.717, 1.165) is 13.0 Å². The summed E-state index contributed by atoms with van der Waals surface area (Å²) in [7, 11) is 0. The summed E-state index contributed by atoms with van der Waals surface area (Å²) >= 11 is 1.87. The van der Waals surface area contributed by atoms with Gasteiger partial charge in [0.25, 0.3) is 0 Å². The highest BCUT2D eigenvalue weighted by Crippen LogP contribution is 2.32. The Morgan fingerprint density at radius 3 is 2.56 bits per heavy atom. The zero-order chi connectivity index (χ0) is 12.6. The molecule has 2 N–H and O–H groups in total. The van der Waals surface area contributed by atoms with Gasteiger partial charge in [0.05, 0.1) is 12.7 Å². The first-order valence-electron chi connectivity index (χ1n) is 6.22. The topological polar surface area (TPSA) is 35.2 Å². The second kappa shape index (κ2) is 8.74. The van der Waals surface area contributed by atoms with Gasteiger partial charge in [0.2, 0.25) is 0 Å². The molecule has 0 fully saturated rings. The molecule has 0 aromatic carbocycles. The summed E-state index contributed by atoms with van der Waals surface area (Å²) in [5.41, 5.74) is 6.93. The highest BCUT2D eigenvalue weighted by atomic mass is 32.1. The number of aryl methyl sites for hydroxylation is 1. The molecule has 0 aliphatic carbocycles. The average Bonchev–Trinajstić information content (AvgIpc) is 2.74. The lowest BCUT2D eigenvalue weighted by Gasteiger charge is -2.21. The molecule has 0 amide bonds. The maximum Gasteiger partial charge on any atom is 0.0958 e. The highest BCUT2D eigenvalue weighted by molar-refractivity contribution is 7.12. The Balaban J connectivity index is 0.000000509. The second-order valence-corrected chi connectivity index (χ2v) is 4.42. The van der Waals surface area contributed by atoms with Gasteiger partial charge in [-0.25, -0.2) is 0 Å². The molecule has 1 aliphatic rings. The SMILES string of the molecule is CC.CC.Cc1cc2c(s1)CCOC2CN. The van der Waals surface area contributed by atoms with Crippen molar-refractivity contribution in [2.45, 2.75) is 47.1 Å². The van der Waals surface area contributed by atoms with Crippen molar-refractivity contribution in [2.24, 2.45) is 5.73 Å². The van der Waals surface area contributed by atoms with E-state index in [1.165, 1.54) is 15.3 Å². The Kier molecular flexibility index (Phi) is 8.53. The molecular formula is C13H25NOS. The van der Waals surface area contributed by atoms with Crippen molar-refractivity contribution in [3.8, 4) is 0 Å².